The molecule has 2 aliphatic heterocycles. The van der Waals surface area contributed by atoms with Crippen molar-refractivity contribution in [2.24, 2.45) is 0 Å². The quantitative estimate of drug-likeness (QED) is 0.818. The predicted molar refractivity (Wildman–Crippen MR) is 112 cm³/mol. The molecule has 0 saturated carbocycles. The highest BCUT2D eigenvalue weighted by Gasteiger charge is 2.22. The number of carbonyl (C=O) groups excluding carboxylic acids is 1. The summed E-state index contributed by atoms with van der Waals surface area (Å²) in [6, 6.07) is 16.6. The van der Waals surface area contributed by atoms with E-state index < -0.39 is 0 Å². The summed E-state index contributed by atoms with van der Waals surface area (Å²) in [5, 5.41) is 0. The van der Waals surface area contributed by atoms with Crippen LogP contribution in [0.2, 0.25) is 0 Å². The summed E-state index contributed by atoms with van der Waals surface area (Å²) in [6.45, 7) is 6.07. The zero-order chi connectivity index (χ0) is 19.3. The molecule has 0 N–H and O–H groups in total. The second-order valence-electron chi connectivity index (χ2n) is 7.81. The Labute approximate surface area is 167 Å². The molecule has 2 aromatic carbocycles. The molecule has 5 heteroatoms. The van der Waals surface area contributed by atoms with Gasteiger partial charge in [-0.2, -0.15) is 0 Å². The van der Waals surface area contributed by atoms with Crippen molar-refractivity contribution in [2.75, 3.05) is 44.7 Å². The van der Waals surface area contributed by atoms with Gasteiger partial charge in [0.25, 0.3) is 0 Å². The van der Waals surface area contributed by atoms with Crippen LogP contribution in [0.25, 0.3) is 0 Å². The summed E-state index contributed by atoms with van der Waals surface area (Å²) in [4.78, 5) is 19.3. The second-order valence-corrected chi connectivity index (χ2v) is 7.81. The molecule has 148 valence electrons. The van der Waals surface area contributed by atoms with Crippen LogP contribution in [0.3, 0.4) is 0 Å². The number of ether oxygens (including phenoxy) is 1. The van der Waals surface area contributed by atoms with Gasteiger partial charge in [-0.25, -0.2) is 4.79 Å². The summed E-state index contributed by atoms with van der Waals surface area (Å²) < 4.78 is 5.54. The van der Waals surface area contributed by atoms with E-state index in [0.717, 1.165) is 51.1 Å². The van der Waals surface area contributed by atoms with Gasteiger partial charge >= 0.3 is 6.09 Å². The molecule has 0 aromatic heterocycles. The number of hydrogen-bond donors (Lipinski definition) is 0. The van der Waals surface area contributed by atoms with E-state index in [9.17, 15) is 4.79 Å². The lowest BCUT2D eigenvalue weighted by molar-refractivity contribution is 0.0942. The van der Waals surface area contributed by atoms with E-state index in [0.29, 0.717) is 13.2 Å². The van der Waals surface area contributed by atoms with E-state index in [-0.39, 0.29) is 6.09 Å². The van der Waals surface area contributed by atoms with Crippen molar-refractivity contribution >= 4 is 11.8 Å². The van der Waals surface area contributed by atoms with Gasteiger partial charge in [-0.1, -0.05) is 36.4 Å². The molecule has 1 amide bonds. The number of rotatable bonds is 3. The molecule has 0 aliphatic carbocycles. The molecule has 0 unspecified atom stereocenters. The van der Waals surface area contributed by atoms with Crippen molar-refractivity contribution in [1.29, 1.82) is 0 Å². The first-order valence-electron chi connectivity index (χ1n) is 10.2. The molecule has 1 saturated heterocycles. The lowest BCUT2D eigenvalue weighted by Gasteiger charge is -2.34. The normalized spacial score (nSPS) is 17.8. The lowest BCUT2D eigenvalue weighted by atomic mass is 10.0. The molecule has 2 aliphatic rings. The fraction of sp³-hybridized carbons (Fsp3) is 0.435. The molecule has 28 heavy (non-hydrogen) atoms. The first-order chi connectivity index (χ1) is 13.7. The van der Waals surface area contributed by atoms with Crippen molar-refractivity contribution < 1.29 is 9.53 Å². The monoisotopic (exact) mass is 379 g/mol. The van der Waals surface area contributed by atoms with Crippen LogP contribution in [0.4, 0.5) is 10.5 Å². The molecule has 2 heterocycles. The fourth-order valence-corrected chi connectivity index (χ4v) is 3.97. The van der Waals surface area contributed by atoms with Crippen molar-refractivity contribution in [3.63, 3.8) is 0 Å². The first kappa shape index (κ1) is 18.8. The zero-order valence-electron chi connectivity index (χ0n) is 16.6. The van der Waals surface area contributed by atoms with Crippen LogP contribution in [0.5, 0.6) is 0 Å². The summed E-state index contributed by atoms with van der Waals surface area (Å²) in [6.07, 6.45) is 1.76. The zero-order valence-corrected chi connectivity index (χ0v) is 16.6. The summed E-state index contributed by atoms with van der Waals surface area (Å²) >= 11 is 0. The number of carbonyl (C=O) groups is 1. The minimum absolute atomic E-state index is 0.222. The Morgan fingerprint density at radius 1 is 0.964 bits per heavy atom. The average Bonchev–Trinajstić information content (AvgIpc) is 2.95. The Kier molecular flexibility index (Phi) is 5.81. The summed E-state index contributed by atoms with van der Waals surface area (Å²) in [5.74, 6) is 0. The topological polar surface area (TPSA) is 36.0 Å². The van der Waals surface area contributed by atoms with Crippen LogP contribution in [0.15, 0.2) is 48.5 Å². The van der Waals surface area contributed by atoms with Gasteiger partial charge in [-0.3, -0.25) is 0 Å². The van der Waals surface area contributed by atoms with E-state index in [1.165, 1.54) is 16.8 Å². The molecule has 0 spiro atoms. The van der Waals surface area contributed by atoms with E-state index in [1.807, 2.05) is 35.2 Å². The maximum Gasteiger partial charge on any atom is 0.410 e. The molecule has 4 rings (SSSR count). The summed E-state index contributed by atoms with van der Waals surface area (Å²) in [7, 11) is 2.18. The third-order valence-corrected chi connectivity index (χ3v) is 5.76. The third-order valence-electron chi connectivity index (χ3n) is 5.76. The third kappa shape index (κ3) is 4.47. The van der Waals surface area contributed by atoms with Crippen molar-refractivity contribution in [2.45, 2.75) is 26.0 Å². The molecule has 2 aromatic rings. The Balaban J connectivity index is 1.40. The van der Waals surface area contributed by atoms with Crippen LogP contribution < -0.4 is 4.90 Å². The van der Waals surface area contributed by atoms with Crippen LogP contribution in [0.1, 0.15) is 23.1 Å². The smallest absolute Gasteiger partial charge is 0.410 e. The van der Waals surface area contributed by atoms with Crippen molar-refractivity contribution in [3.05, 3.63) is 65.2 Å². The van der Waals surface area contributed by atoms with Gasteiger partial charge in [-0.15, -0.1) is 0 Å². The van der Waals surface area contributed by atoms with Crippen molar-refractivity contribution in [1.82, 2.24) is 9.80 Å². The molecule has 1 fully saturated rings. The number of piperazine rings is 1. The van der Waals surface area contributed by atoms with Crippen LogP contribution in [0, 0.1) is 0 Å². The Bertz CT molecular complexity index is 801. The molecule has 0 atom stereocenters. The van der Waals surface area contributed by atoms with Gasteiger partial charge < -0.3 is 19.4 Å². The number of fused-ring (bicyclic) bond motifs is 1. The van der Waals surface area contributed by atoms with Gasteiger partial charge in [-0.05, 0) is 48.7 Å². The van der Waals surface area contributed by atoms with Gasteiger partial charge in [0.2, 0.25) is 0 Å². The van der Waals surface area contributed by atoms with Gasteiger partial charge in [0, 0.05) is 45.0 Å². The number of nitrogens with zero attached hydrogens (tertiary/aromatic N) is 3. The second kappa shape index (κ2) is 8.65. The highest BCUT2D eigenvalue weighted by Crippen LogP contribution is 2.25. The van der Waals surface area contributed by atoms with Crippen LogP contribution in [-0.4, -0.2) is 55.7 Å². The Morgan fingerprint density at radius 3 is 2.54 bits per heavy atom. The first-order valence-corrected chi connectivity index (χ1v) is 10.2. The fourth-order valence-electron chi connectivity index (χ4n) is 3.97. The molecular formula is C23H29N3O2. The molecular weight excluding hydrogens is 350 g/mol. The maximum absolute atomic E-state index is 12.6. The Morgan fingerprint density at radius 2 is 1.75 bits per heavy atom. The van der Waals surface area contributed by atoms with E-state index in [1.54, 1.807) is 0 Å². The maximum atomic E-state index is 12.6. The van der Waals surface area contributed by atoms with E-state index in [2.05, 4.69) is 35.0 Å². The number of hydrogen-bond acceptors (Lipinski definition) is 4. The van der Waals surface area contributed by atoms with Gasteiger partial charge in [0.1, 0.15) is 6.61 Å². The Hall–Kier alpha value is -2.53. The van der Waals surface area contributed by atoms with E-state index in [4.69, 9.17) is 4.74 Å². The van der Waals surface area contributed by atoms with E-state index >= 15 is 0 Å². The number of likely N-dealkylation sites (N-methyl/N-ethyl adjacent to an activating group) is 1. The minimum atomic E-state index is -0.222. The van der Waals surface area contributed by atoms with Gasteiger partial charge in [0.15, 0.2) is 0 Å². The molecule has 0 radical (unpaired) electrons. The van der Waals surface area contributed by atoms with Crippen LogP contribution in [-0.2, 0) is 24.3 Å². The van der Waals surface area contributed by atoms with Crippen molar-refractivity contribution in [3.8, 4) is 0 Å². The number of aryl methyl sites for hydroxylation is 1. The van der Waals surface area contributed by atoms with Gasteiger partial charge in [0.05, 0.1) is 0 Å². The SMILES string of the molecule is CN1CCN(c2ccc3c(c2)CCCN(C(=O)OCc2ccccc2)C3)CC1. The lowest BCUT2D eigenvalue weighted by Crippen LogP contribution is -2.44. The van der Waals surface area contributed by atoms with Crippen LogP contribution >= 0.6 is 0 Å². The number of anilines is 1. The minimum Gasteiger partial charge on any atom is -0.445 e. The molecule has 0 bridgehead atoms. The summed E-state index contributed by atoms with van der Waals surface area (Å²) in [5.41, 5.74) is 4.94. The predicted octanol–water partition coefficient (Wildman–Crippen LogP) is 3.52. The highest BCUT2D eigenvalue weighted by atomic mass is 16.6. The largest absolute Gasteiger partial charge is 0.445 e. The average molecular weight is 380 g/mol. The standard InChI is InChI=1S/C23H29N3O2/c1-24-12-14-25(15-13-24)22-10-9-21-17-26(11-5-8-20(21)16-22)23(27)28-18-19-6-3-2-4-7-19/h2-4,6-7,9-10,16H,5,8,11-15,17-18H2,1H3. The number of amides is 1. The number of benzene rings is 2. The molecule has 5 nitrogen and oxygen atoms in total. The highest BCUT2D eigenvalue weighted by molar-refractivity contribution is 5.68.